The fourth-order valence-corrected chi connectivity index (χ4v) is 2.59. The van der Waals surface area contributed by atoms with Gasteiger partial charge in [-0.1, -0.05) is 0 Å². The first-order valence-corrected chi connectivity index (χ1v) is 8.02. The minimum atomic E-state index is -0.789. The number of hydrogen-bond donors (Lipinski definition) is 1. The number of methoxy groups -OCH3 is 1. The summed E-state index contributed by atoms with van der Waals surface area (Å²) < 4.78 is 29.6. The number of anilines is 1. The third-order valence-corrected chi connectivity index (χ3v) is 3.92. The maximum Gasteiger partial charge on any atom is 0.295 e. The summed E-state index contributed by atoms with van der Waals surface area (Å²) in [7, 11) is 1.30. The van der Waals surface area contributed by atoms with Crippen molar-refractivity contribution in [2.24, 2.45) is 0 Å². The normalized spacial score (nSPS) is 16.3. The first-order valence-electron chi connectivity index (χ1n) is 8.02. The van der Waals surface area contributed by atoms with Gasteiger partial charge in [0.25, 0.3) is 5.69 Å². The predicted molar refractivity (Wildman–Crippen MR) is 91.0 cm³/mol. The molecule has 0 bridgehead atoms. The molecular formula is C17H18FN3O5. The van der Waals surface area contributed by atoms with Gasteiger partial charge in [-0.05, 0) is 11.6 Å². The molecule has 26 heavy (non-hydrogen) atoms. The molecule has 0 amide bonds. The number of rotatable bonds is 7. The lowest BCUT2D eigenvalue weighted by molar-refractivity contribution is -0.384. The van der Waals surface area contributed by atoms with E-state index in [4.69, 9.17) is 14.2 Å². The molecule has 1 fully saturated rings. The van der Waals surface area contributed by atoms with Crippen LogP contribution in [0, 0.1) is 15.9 Å². The summed E-state index contributed by atoms with van der Waals surface area (Å²) in [6, 6.07) is 5.61. The molecule has 1 aliphatic rings. The zero-order valence-corrected chi connectivity index (χ0v) is 14.1. The van der Waals surface area contributed by atoms with Gasteiger partial charge in [-0.3, -0.25) is 10.1 Å². The minimum Gasteiger partial charge on any atom is -0.494 e. The van der Waals surface area contributed by atoms with Crippen LogP contribution in [0.1, 0.15) is 12.0 Å². The zero-order valence-electron chi connectivity index (χ0n) is 14.1. The Hall–Kier alpha value is -2.94. The van der Waals surface area contributed by atoms with Gasteiger partial charge in [0, 0.05) is 31.3 Å². The van der Waals surface area contributed by atoms with E-state index in [0.717, 1.165) is 18.1 Å². The zero-order chi connectivity index (χ0) is 18.5. The molecule has 1 atom stereocenters. The van der Waals surface area contributed by atoms with Gasteiger partial charge in [0.2, 0.25) is 5.88 Å². The van der Waals surface area contributed by atoms with Crippen LogP contribution >= 0.6 is 0 Å². The van der Waals surface area contributed by atoms with Crippen molar-refractivity contribution < 1.29 is 23.5 Å². The molecule has 1 N–H and O–H groups in total. The molecular weight excluding hydrogens is 345 g/mol. The van der Waals surface area contributed by atoms with Crippen molar-refractivity contribution in [2.45, 2.75) is 19.1 Å². The summed E-state index contributed by atoms with van der Waals surface area (Å²) in [4.78, 5) is 14.7. The highest BCUT2D eigenvalue weighted by atomic mass is 19.1. The highest BCUT2D eigenvalue weighted by molar-refractivity contribution is 5.64. The van der Waals surface area contributed by atoms with Crippen LogP contribution in [0.4, 0.5) is 15.8 Å². The fourth-order valence-electron chi connectivity index (χ4n) is 2.59. The topological polar surface area (TPSA) is 95.8 Å². The van der Waals surface area contributed by atoms with E-state index in [1.54, 1.807) is 18.3 Å². The van der Waals surface area contributed by atoms with Crippen LogP contribution in [-0.4, -0.2) is 36.3 Å². The van der Waals surface area contributed by atoms with E-state index in [1.807, 2.05) is 0 Å². The molecule has 0 aliphatic carbocycles. The molecule has 2 heterocycles. The van der Waals surface area contributed by atoms with Gasteiger partial charge in [-0.2, -0.15) is 0 Å². The van der Waals surface area contributed by atoms with Crippen molar-refractivity contribution in [3.63, 3.8) is 0 Å². The lowest BCUT2D eigenvalue weighted by Gasteiger charge is -2.13. The Labute approximate surface area is 149 Å². The molecule has 138 valence electrons. The van der Waals surface area contributed by atoms with Crippen LogP contribution < -0.4 is 14.8 Å². The van der Waals surface area contributed by atoms with Crippen molar-refractivity contribution in [1.29, 1.82) is 0 Å². The number of pyridine rings is 1. The lowest BCUT2D eigenvalue weighted by Crippen LogP contribution is -2.16. The van der Waals surface area contributed by atoms with Gasteiger partial charge in [-0.25, -0.2) is 9.37 Å². The number of hydrogen-bond acceptors (Lipinski definition) is 7. The van der Waals surface area contributed by atoms with Gasteiger partial charge in [-0.15, -0.1) is 0 Å². The van der Waals surface area contributed by atoms with Crippen LogP contribution in [0.2, 0.25) is 0 Å². The average Bonchev–Trinajstić information content (AvgIpc) is 3.13. The van der Waals surface area contributed by atoms with E-state index >= 15 is 0 Å². The highest BCUT2D eigenvalue weighted by Crippen LogP contribution is 2.32. The molecule has 0 radical (unpaired) electrons. The third kappa shape index (κ3) is 4.17. The Morgan fingerprint density at radius 1 is 1.46 bits per heavy atom. The van der Waals surface area contributed by atoms with Crippen LogP contribution in [0.3, 0.4) is 0 Å². The molecule has 3 rings (SSSR count). The van der Waals surface area contributed by atoms with Crippen molar-refractivity contribution in [3.8, 4) is 11.6 Å². The standard InChI is InChI=1S/C17H18FN3O5/c1-24-16-8-14(15(21(22)23)7-13(16)18)20-9-11-2-4-19-17(6-11)26-12-3-5-25-10-12/h2,4,6-8,12,20H,3,5,9-10H2,1H3. The molecule has 8 nitrogen and oxygen atoms in total. The summed E-state index contributed by atoms with van der Waals surface area (Å²) in [5.74, 6) is -0.396. The molecule has 9 heteroatoms. The molecule has 1 aliphatic heterocycles. The highest BCUT2D eigenvalue weighted by Gasteiger charge is 2.20. The summed E-state index contributed by atoms with van der Waals surface area (Å²) in [6.45, 7) is 1.48. The summed E-state index contributed by atoms with van der Waals surface area (Å²) in [6.07, 6.45) is 2.39. The number of halogens is 1. The number of nitrogens with one attached hydrogen (secondary N) is 1. The number of nitro benzene ring substituents is 1. The van der Waals surface area contributed by atoms with E-state index in [1.165, 1.54) is 13.2 Å². The molecule has 1 aromatic carbocycles. The third-order valence-electron chi connectivity index (χ3n) is 3.92. The second-order valence-corrected chi connectivity index (χ2v) is 5.72. The largest absolute Gasteiger partial charge is 0.494 e. The number of ether oxygens (including phenoxy) is 3. The van der Waals surface area contributed by atoms with E-state index in [2.05, 4.69) is 10.3 Å². The van der Waals surface area contributed by atoms with Gasteiger partial charge >= 0.3 is 0 Å². The Bertz CT molecular complexity index is 796. The first-order chi connectivity index (χ1) is 12.6. The summed E-state index contributed by atoms with van der Waals surface area (Å²) >= 11 is 0. The van der Waals surface area contributed by atoms with E-state index in [-0.39, 0.29) is 29.8 Å². The second-order valence-electron chi connectivity index (χ2n) is 5.72. The van der Waals surface area contributed by atoms with Gasteiger partial charge in [0.1, 0.15) is 11.8 Å². The van der Waals surface area contributed by atoms with Crippen LogP contribution in [-0.2, 0) is 11.3 Å². The van der Waals surface area contributed by atoms with Gasteiger partial charge in [0.05, 0.1) is 31.3 Å². The maximum atomic E-state index is 13.7. The molecule has 0 spiro atoms. The number of nitrogens with zero attached hydrogens (tertiary/aromatic N) is 2. The number of benzene rings is 1. The van der Waals surface area contributed by atoms with Crippen LogP contribution in [0.15, 0.2) is 30.5 Å². The number of nitro groups is 1. The van der Waals surface area contributed by atoms with Crippen molar-refractivity contribution in [2.75, 3.05) is 25.6 Å². The van der Waals surface area contributed by atoms with Crippen molar-refractivity contribution >= 4 is 11.4 Å². The summed E-state index contributed by atoms with van der Waals surface area (Å²) in [5.41, 5.74) is 0.611. The van der Waals surface area contributed by atoms with Crippen molar-refractivity contribution in [1.82, 2.24) is 4.98 Å². The van der Waals surface area contributed by atoms with Crippen LogP contribution in [0.5, 0.6) is 11.6 Å². The smallest absolute Gasteiger partial charge is 0.295 e. The monoisotopic (exact) mass is 363 g/mol. The first kappa shape index (κ1) is 17.9. The van der Waals surface area contributed by atoms with E-state index in [0.29, 0.717) is 19.1 Å². The predicted octanol–water partition coefficient (Wildman–Crippen LogP) is 2.92. The summed E-state index contributed by atoms with van der Waals surface area (Å²) in [5, 5.41) is 14.1. The van der Waals surface area contributed by atoms with E-state index < -0.39 is 10.7 Å². The van der Waals surface area contributed by atoms with Crippen LogP contribution in [0.25, 0.3) is 0 Å². The molecule has 0 saturated carbocycles. The van der Waals surface area contributed by atoms with Gasteiger partial charge < -0.3 is 19.5 Å². The molecule has 1 aromatic heterocycles. The lowest BCUT2D eigenvalue weighted by atomic mass is 10.2. The average molecular weight is 363 g/mol. The Kier molecular flexibility index (Phi) is 5.47. The Balaban J connectivity index is 1.73. The molecule has 2 aromatic rings. The molecule has 1 unspecified atom stereocenters. The number of aromatic nitrogens is 1. The Morgan fingerprint density at radius 3 is 3.00 bits per heavy atom. The van der Waals surface area contributed by atoms with E-state index in [9.17, 15) is 14.5 Å². The molecule has 1 saturated heterocycles. The fraction of sp³-hybridized carbons (Fsp3) is 0.353. The minimum absolute atomic E-state index is 0.0202. The Morgan fingerprint density at radius 2 is 2.31 bits per heavy atom. The van der Waals surface area contributed by atoms with Crippen molar-refractivity contribution in [3.05, 3.63) is 52.0 Å². The maximum absolute atomic E-state index is 13.7. The SMILES string of the molecule is COc1cc(NCc2ccnc(OC3CCOC3)c2)c([N+](=O)[O-])cc1F. The second kappa shape index (κ2) is 7.96. The quantitative estimate of drug-likeness (QED) is 0.597. The van der Waals surface area contributed by atoms with Gasteiger partial charge in [0.15, 0.2) is 11.6 Å².